The minimum Gasteiger partial charge on any atom is -0.366 e. The van der Waals surface area contributed by atoms with Gasteiger partial charge in [-0.25, -0.2) is 4.39 Å². The Hall–Kier alpha value is -2.96. The van der Waals surface area contributed by atoms with Crippen molar-refractivity contribution in [3.8, 4) is 11.1 Å². The molecule has 3 aromatic carbocycles. The van der Waals surface area contributed by atoms with Gasteiger partial charge in [0, 0.05) is 22.0 Å². The molecule has 148 valence electrons. The first-order valence-corrected chi connectivity index (χ1v) is 9.58. The van der Waals surface area contributed by atoms with Crippen molar-refractivity contribution >= 4 is 46.2 Å². The maximum atomic E-state index is 14.6. The van der Waals surface area contributed by atoms with Crippen LogP contribution in [0.5, 0.6) is 0 Å². The van der Waals surface area contributed by atoms with Crippen LogP contribution in [0.4, 0.5) is 15.8 Å². The summed E-state index contributed by atoms with van der Waals surface area (Å²) in [6.45, 7) is 3.78. The van der Waals surface area contributed by atoms with Crippen LogP contribution in [-0.2, 0) is 0 Å². The molecule has 0 saturated carbocycles. The van der Waals surface area contributed by atoms with Crippen LogP contribution in [0.1, 0.15) is 21.5 Å². The highest BCUT2D eigenvalue weighted by molar-refractivity contribution is 7.80. The molecule has 0 radical (unpaired) electrons. The molecule has 7 heteroatoms. The zero-order valence-electron chi connectivity index (χ0n) is 15.8. The van der Waals surface area contributed by atoms with Crippen LogP contribution in [0.3, 0.4) is 0 Å². The number of anilines is 2. The predicted octanol–water partition coefficient (Wildman–Crippen LogP) is 5.67. The van der Waals surface area contributed by atoms with Crippen LogP contribution < -0.4 is 16.4 Å². The van der Waals surface area contributed by atoms with Crippen LogP contribution >= 0.6 is 23.8 Å². The second-order valence-electron chi connectivity index (χ2n) is 6.60. The first-order valence-electron chi connectivity index (χ1n) is 8.79. The van der Waals surface area contributed by atoms with Gasteiger partial charge in [0.25, 0.3) is 5.91 Å². The summed E-state index contributed by atoms with van der Waals surface area (Å²) in [7, 11) is 0. The van der Waals surface area contributed by atoms with E-state index < -0.39 is 11.7 Å². The first kappa shape index (κ1) is 20.8. The minimum absolute atomic E-state index is 0.133. The van der Waals surface area contributed by atoms with E-state index in [1.807, 2.05) is 32.0 Å². The summed E-state index contributed by atoms with van der Waals surface area (Å²) >= 11 is 11.5. The predicted molar refractivity (Wildman–Crippen MR) is 121 cm³/mol. The zero-order chi connectivity index (χ0) is 21.1. The Morgan fingerprint density at radius 3 is 2.24 bits per heavy atom. The number of aryl methyl sites for hydroxylation is 2. The van der Waals surface area contributed by atoms with Crippen molar-refractivity contribution in [2.24, 2.45) is 5.73 Å². The summed E-state index contributed by atoms with van der Waals surface area (Å²) in [6, 6.07) is 15.6. The van der Waals surface area contributed by atoms with Gasteiger partial charge in [-0.2, -0.15) is 0 Å². The quantitative estimate of drug-likeness (QED) is 0.469. The van der Waals surface area contributed by atoms with Gasteiger partial charge in [0.15, 0.2) is 5.11 Å². The maximum absolute atomic E-state index is 14.6. The van der Waals surface area contributed by atoms with E-state index in [0.29, 0.717) is 21.3 Å². The van der Waals surface area contributed by atoms with Gasteiger partial charge in [-0.3, -0.25) is 4.79 Å². The molecule has 29 heavy (non-hydrogen) atoms. The number of thiocarbonyl (C=S) groups is 1. The number of carbonyl (C=O) groups is 1. The number of amides is 1. The molecule has 0 aliphatic rings. The first-order chi connectivity index (χ1) is 13.8. The molecule has 0 unspecified atom stereocenters. The average molecular weight is 428 g/mol. The van der Waals surface area contributed by atoms with Crippen molar-refractivity contribution in [2.45, 2.75) is 13.8 Å². The van der Waals surface area contributed by atoms with E-state index in [1.165, 1.54) is 6.07 Å². The van der Waals surface area contributed by atoms with Crippen molar-refractivity contribution < 1.29 is 9.18 Å². The molecule has 4 N–H and O–H groups in total. The molecule has 1 amide bonds. The maximum Gasteiger partial charge on any atom is 0.251 e. The van der Waals surface area contributed by atoms with Crippen molar-refractivity contribution in [3.05, 3.63) is 82.1 Å². The second kappa shape index (κ2) is 8.59. The Morgan fingerprint density at radius 2 is 1.62 bits per heavy atom. The van der Waals surface area contributed by atoms with Gasteiger partial charge < -0.3 is 16.4 Å². The Labute approximate surface area is 178 Å². The second-order valence-corrected chi connectivity index (χ2v) is 7.42. The number of nitrogens with one attached hydrogen (secondary N) is 2. The molecule has 0 aliphatic heterocycles. The number of carbonyl (C=O) groups excluding carboxylic acids is 1. The standard InChI is InChI=1S/C22H19ClFN3OS/c1-12-6-7-15(11-19(12)23)27-22(29)26-14-8-9-16(13(2)10-14)17-4-3-5-18(20(17)24)21(25)28/h3-11H,1-2H3,(H2,25,28)(H2,26,27,29). The summed E-state index contributed by atoms with van der Waals surface area (Å²) in [4.78, 5) is 11.4. The lowest BCUT2D eigenvalue weighted by molar-refractivity contribution is 0.0996. The minimum atomic E-state index is -0.798. The van der Waals surface area contributed by atoms with E-state index in [4.69, 9.17) is 29.6 Å². The number of hydrogen-bond acceptors (Lipinski definition) is 2. The molecule has 0 aromatic heterocycles. The fourth-order valence-corrected chi connectivity index (χ4v) is 3.35. The van der Waals surface area contributed by atoms with Gasteiger partial charge >= 0.3 is 0 Å². The molecule has 3 rings (SSSR count). The third-order valence-corrected chi connectivity index (χ3v) is 5.08. The molecular weight excluding hydrogens is 409 g/mol. The lowest BCUT2D eigenvalue weighted by Crippen LogP contribution is -2.19. The normalized spacial score (nSPS) is 10.5. The number of nitrogens with two attached hydrogens (primary N) is 1. The van der Waals surface area contributed by atoms with Crippen molar-refractivity contribution in [2.75, 3.05) is 10.6 Å². The number of benzene rings is 3. The van der Waals surface area contributed by atoms with Crippen LogP contribution in [0.15, 0.2) is 54.6 Å². The highest BCUT2D eigenvalue weighted by atomic mass is 35.5. The number of rotatable bonds is 4. The lowest BCUT2D eigenvalue weighted by atomic mass is 9.97. The summed E-state index contributed by atoms with van der Waals surface area (Å²) < 4.78 is 14.6. The average Bonchev–Trinajstić information content (AvgIpc) is 2.65. The van der Waals surface area contributed by atoms with Crippen molar-refractivity contribution in [3.63, 3.8) is 0 Å². The van der Waals surface area contributed by atoms with E-state index in [-0.39, 0.29) is 5.56 Å². The third kappa shape index (κ3) is 4.72. The largest absolute Gasteiger partial charge is 0.366 e. The van der Waals surface area contributed by atoms with Gasteiger partial charge in [0.2, 0.25) is 0 Å². The van der Waals surface area contributed by atoms with Gasteiger partial charge in [0.05, 0.1) is 5.56 Å². The molecule has 0 fully saturated rings. The number of primary amides is 1. The lowest BCUT2D eigenvalue weighted by Gasteiger charge is -2.14. The van der Waals surface area contributed by atoms with Gasteiger partial charge in [0.1, 0.15) is 5.82 Å². The molecule has 3 aromatic rings. The zero-order valence-corrected chi connectivity index (χ0v) is 17.4. The van der Waals surface area contributed by atoms with Crippen LogP contribution in [-0.4, -0.2) is 11.0 Å². The third-order valence-electron chi connectivity index (χ3n) is 4.47. The fraction of sp³-hybridized carbons (Fsp3) is 0.0909. The Bertz CT molecular complexity index is 1120. The van der Waals surface area contributed by atoms with E-state index >= 15 is 0 Å². The van der Waals surface area contributed by atoms with E-state index in [9.17, 15) is 9.18 Å². The van der Waals surface area contributed by atoms with Crippen molar-refractivity contribution in [1.82, 2.24) is 0 Å². The van der Waals surface area contributed by atoms with Gasteiger partial charge in [-0.15, -0.1) is 0 Å². The van der Waals surface area contributed by atoms with Crippen LogP contribution in [0.2, 0.25) is 5.02 Å². The molecule has 0 bridgehead atoms. The molecule has 0 heterocycles. The molecular formula is C22H19ClFN3OS. The van der Waals surface area contributed by atoms with E-state index in [1.54, 1.807) is 30.3 Å². The van der Waals surface area contributed by atoms with E-state index in [0.717, 1.165) is 22.5 Å². The Kier molecular flexibility index (Phi) is 6.15. The topological polar surface area (TPSA) is 67.2 Å². The summed E-state index contributed by atoms with van der Waals surface area (Å²) in [6.07, 6.45) is 0. The molecule has 4 nitrogen and oxygen atoms in total. The molecule has 0 saturated heterocycles. The summed E-state index contributed by atoms with van der Waals surface area (Å²) in [5, 5.41) is 7.23. The monoisotopic (exact) mass is 427 g/mol. The highest BCUT2D eigenvalue weighted by Gasteiger charge is 2.15. The van der Waals surface area contributed by atoms with Crippen LogP contribution in [0, 0.1) is 19.7 Å². The summed E-state index contributed by atoms with van der Waals surface area (Å²) in [5.41, 5.74) is 9.41. The Morgan fingerprint density at radius 1 is 0.966 bits per heavy atom. The van der Waals surface area contributed by atoms with E-state index in [2.05, 4.69) is 10.6 Å². The number of halogens is 2. The fourth-order valence-electron chi connectivity index (χ4n) is 2.94. The van der Waals surface area contributed by atoms with Crippen LogP contribution in [0.25, 0.3) is 11.1 Å². The highest BCUT2D eigenvalue weighted by Crippen LogP contribution is 2.30. The molecule has 0 aliphatic carbocycles. The Balaban J connectivity index is 1.79. The molecule has 0 atom stereocenters. The smallest absolute Gasteiger partial charge is 0.251 e. The van der Waals surface area contributed by atoms with Gasteiger partial charge in [-0.05, 0) is 73.1 Å². The SMILES string of the molecule is Cc1ccc(NC(=S)Nc2ccc(-c3cccc(C(N)=O)c3F)c(C)c2)cc1Cl. The molecule has 0 spiro atoms. The van der Waals surface area contributed by atoms with Gasteiger partial charge in [-0.1, -0.05) is 35.9 Å². The van der Waals surface area contributed by atoms with Crippen molar-refractivity contribution in [1.29, 1.82) is 0 Å². The number of hydrogen-bond donors (Lipinski definition) is 3. The summed E-state index contributed by atoms with van der Waals surface area (Å²) in [5.74, 6) is -1.43.